The average Bonchev–Trinajstić information content (AvgIpc) is 2.53. The van der Waals surface area contributed by atoms with Gasteiger partial charge >= 0.3 is 70.4 Å². The SMILES string of the molecule is Cc1c(C(=O)O)cc(C[B-](F)(F)F)cc1N1CCN(C(=O)OC(C)(C)C)CC1.[K+]. The first-order valence-corrected chi connectivity index (χ1v) is 9.07. The Hall–Kier alpha value is -0.749. The summed E-state index contributed by atoms with van der Waals surface area (Å²) >= 11 is 0. The molecule has 1 aromatic rings. The summed E-state index contributed by atoms with van der Waals surface area (Å²) in [6.45, 7) is 3.24. The van der Waals surface area contributed by atoms with Gasteiger partial charge < -0.3 is 32.6 Å². The first-order valence-electron chi connectivity index (χ1n) is 9.07. The van der Waals surface area contributed by atoms with E-state index in [9.17, 15) is 27.6 Å². The fourth-order valence-corrected chi connectivity index (χ4v) is 3.15. The summed E-state index contributed by atoms with van der Waals surface area (Å²) in [6.07, 6.45) is -1.57. The molecule has 1 aromatic carbocycles. The third-order valence-electron chi connectivity index (χ3n) is 4.41. The fourth-order valence-electron chi connectivity index (χ4n) is 3.15. The van der Waals surface area contributed by atoms with Crippen LogP contribution in [-0.4, -0.2) is 60.8 Å². The van der Waals surface area contributed by atoms with Crippen molar-refractivity contribution >= 4 is 24.7 Å². The van der Waals surface area contributed by atoms with Crippen LogP contribution in [0.2, 0.25) is 0 Å². The summed E-state index contributed by atoms with van der Waals surface area (Å²) in [5.41, 5.74) is 0.0483. The van der Waals surface area contributed by atoms with E-state index >= 15 is 0 Å². The number of ether oxygens (including phenoxy) is 1. The van der Waals surface area contributed by atoms with Crippen LogP contribution in [0.1, 0.15) is 42.3 Å². The number of piperazine rings is 1. The summed E-state index contributed by atoms with van der Waals surface area (Å²) in [4.78, 5) is 27.0. The maximum Gasteiger partial charge on any atom is 1.00 e. The van der Waals surface area contributed by atoms with Crippen LogP contribution in [0.4, 0.5) is 23.4 Å². The molecule has 0 aliphatic carbocycles. The molecule has 1 N–H and O–H groups in total. The number of halogens is 3. The molecule has 0 aromatic heterocycles. The second-order valence-electron chi connectivity index (χ2n) is 7.96. The Morgan fingerprint density at radius 1 is 1.14 bits per heavy atom. The van der Waals surface area contributed by atoms with Crippen molar-refractivity contribution in [3.63, 3.8) is 0 Å². The molecule has 1 amide bonds. The minimum Gasteiger partial charge on any atom is -0.478 e. The molecule has 6 nitrogen and oxygen atoms in total. The largest absolute Gasteiger partial charge is 1.00 e. The van der Waals surface area contributed by atoms with Gasteiger partial charge in [-0.25, -0.2) is 9.59 Å². The zero-order valence-corrected chi connectivity index (χ0v) is 20.6. The zero-order chi connectivity index (χ0) is 21.3. The molecule has 1 aliphatic rings. The van der Waals surface area contributed by atoms with Crippen LogP contribution < -0.4 is 56.3 Å². The van der Waals surface area contributed by atoms with Crippen LogP contribution in [0, 0.1) is 6.92 Å². The number of aromatic carboxylic acids is 1. The second kappa shape index (κ2) is 10.0. The molecule has 0 saturated carbocycles. The van der Waals surface area contributed by atoms with Crippen molar-refractivity contribution in [3.05, 3.63) is 28.8 Å². The van der Waals surface area contributed by atoms with E-state index in [1.165, 1.54) is 11.0 Å². The fraction of sp³-hybridized carbons (Fsp3) is 0.556. The van der Waals surface area contributed by atoms with Crippen LogP contribution in [0.3, 0.4) is 0 Å². The number of hydrogen-bond acceptors (Lipinski definition) is 4. The van der Waals surface area contributed by atoms with E-state index in [0.29, 0.717) is 37.4 Å². The van der Waals surface area contributed by atoms with E-state index in [4.69, 9.17) is 4.74 Å². The molecule has 0 atom stereocenters. The number of carbonyl (C=O) groups is 2. The molecule has 1 fully saturated rings. The van der Waals surface area contributed by atoms with Gasteiger partial charge in [0.15, 0.2) is 0 Å². The van der Waals surface area contributed by atoms with Crippen molar-refractivity contribution < 1.29 is 83.8 Å². The Balaban J connectivity index is 0.00000420. The Labute approximate surface area is 211 Å². The molecule has 2 rings (SSSR count). The number of benzene rings is 1. The van der Waals surface area contributed by atoms with Crippen LogP contribution in [0.5, 0.6) is 0 Å². The maximum absolute atomic E-state index is 12.9. The van der Waals surface area contributed by atoms with Crippen molar-refractivity contribution in [1.82, 2.24) is 4.90 Å². The van der Waals surface area contributed by atoms with Crippen molar-refractivity contribution in [2.24, 2.45) is 0 Å². The van der Waals surface area contributed by atoms with Gasteiger partial charge in [0, 0.05) is 31.9 Å². The zero-order valence-electron chi connectivity index (χ0n) is 17.5. The number of nitrogens with zero attached hydrogens (tertiary/aromatic N) is 2. The smallest absolute Gasteiger partial charge is 0.478 e. The van der Waals surface area contributed by atoms with Crippen molar-refractivity contribution in [3.8, 4) is 0 Å². The molecular formula is C18H25BF3KN2O4. The third-order valence-corrected chi connectivity index (χ3v) is 4.41. The van der Waals surface area contributed by atoms with E-state index in [-0.39, 0.29) is 62.5 Å². The van der Waals surface area contributed by atoms with E-state index in [2.05, 4.69) is 0 Å². The standard InChI is InChI=1S/C18H25BF3N2O4.K/c1-12-14(16(25)26)9-13(11-19(20,21)22)10-15(12)23-5-7-24(8-6-23)17(27)28-18(2,3)4;/h9-10H,5-8,11H2,1-4H3,(H,25,26);/q-1;+1. The molecular weight excluding hydrogens is 415 g/mol. The Bertz CT molecular complexity index is 761. The maximum atomic E-state index is 12.9. The van der Waals surface area contributed by atoms with Crippen LogP contribution >= 0.6 is 0 Å². The molecule has 0 radical (unpaired) electrons. The minimum atomic E-state index is -5.08. The van der Waals surface area contributed by atoms with E-state index in [1.54, 1.807) is 27.7 Å². The van der Waals surface area contributed by atoms with Gasteiger partial charge in [-0.1, -0.05) is 11.9 Å². The molecule has 156 valence electrons. The van der Waals surface area contributed by atoms with Crippen LogP contribution in [0.25, 0.3) is 0 Å². The molecule has 1 aliphatic heterocycles. The van der Waals surface area contributed by atoms with Gasteiger partial charge in [-0.15, -0.1) is 0 Å². The molecule has 0 unspecified atom stereocenters. The number of carboxylic acid groups (broad SMARTS) is 1. The summed E-state index contributed by atoms with van der Waals surface area (Å²) in [7, 11) is 0. The number of carbonyl (C=O) groups excluding carboxylic acids is 1. The number of carboxylic acids is 1. The summed E-state index contributed by atoms with van der Waals surface area (Å²) < 4.78 is 43.9. The van der Waals surface area contributed by atoms with E-state index in [0.717, 1.165) is 6.07 Å². The summed E-state index contributed by atoms with van der Waals surface area (Å²) in [6, 6.07) is 2.49. The van der Waals surface area contributed by atoms with Gasteiger partial charge in [0.25, 0.3) is 0 Å². The average molecular weight is 440 g/mol. The van der Waals surface area contributed by atoms with Gasteiger partial charge in [0.2, 0.25) is 0 Å². The Morgan fingerprint density at radius 3 is 2.14 bits per heavy atom. The number of rotatable bonds is 4. The normalized spacial score (nSPS) is 15.0. The van der Waals surface area contributed by atoms with Gasteiger partial charge in [-0.05, 0) is 45.4 Å². The predicted molar refractivity (Wildman–Crippen MR) is 101 cm³/mol. The molecule has 0 spiro atoms. The van der Waals surface area contributed by atoms with Crippen LogP contribution in [-0.2, 0) is 11.1 Å². The third kappa shape index (κ3) is 7.78. The summed E-state index contributed by atoms with van der Waals surface area (Å²) in [5, 5.41) is 9.37. The summed E-state index contributed by atoms with van der Waals surface area (Å²) in [5.74, 6) is -1.26. The number of amides is 1. The topological polar surface area (TPSA) is 70.1 Å². The molecule has 1 saturated heterocycles. The minimum absolute atomic E-state index is 0. The second-order valence-corrected chi connectivity index (χ2v) is 7.96. The van der Waals surface area contributed by atoms with Gasteiger partial charge in [0.1, 0.15) is 5.60 Å². The van der Waals surface area contributed by atoms with Crippen molar-refractivity contribution in [2.45, 2.75) is 39.6 Å². The van der Waals surface area contributed by atoms with E-state index < -0.39 is 31.0 Å². The number of anilines is 1. The van der Waals surface area contributed by atoms with Crippen molar-refractivity contribution in [2.75, 3.05) is 31.1 Å². The molecule has 11 heteroatoms. The first kappa shape index (κ1) is 26.3. The van der Waals surface area contributed by atoms with Gasteiger partial charge in [-0.2, -0.15) is 0 Å². The van der Waals surface area contributed by atoms with Gasteiger partial charge in [-0.3, -0.25) is 0 Å². The van der Waals surface area contributed by atoms with Crippen molar-refractivity contribution in [1.29, 1.82) is 0 Å². The molecule has 1 heterocycles. The molecule has 29 heavy (non-hydrogen) atoms. The van der Waals surface area contributed by atoms with Crippen LogP contribution in [0.15, 0.2) is 12.1 Å². The molecule has 0 bridgehead atoms. The van der Waals surface area contributed by atoms with Gasteiger partial charge in [0.05, 0.1) is 5.56 Å². The first-order chi connectivity index (χ1) is 12.8. The van der Waals surface area contributed by atoms with E-state index in [1.807, 2.05) is 4.90 Å². The predicted octanol–water partition coefficient (Wildman–Crippen LogP) is 0.683. The number of hydrogen-bond donors (Lipinski definition) is 1. The quantitative estimate of drug-likeness (QED) is 0.698. The Kier molecular flexibility index (Phi) is 9.10. The Morgan fingerprint density at radius 2 is 1.69 bits per heavy atom. The monoisotopic (exact) mass is 440 g/mol.